The van der Waals surface area contributed by atoms with Gasteiger partial charge in [-0.25, -0.2) is 8.91 Å². The van der Waals surface area contributed by atoms with E-state index in [1.807, 2.05) is 18.2 Å². The zero-order valence-electron chi connectivity index (χ0n) is 17.7. The Morgan fingerprint density at radius 3 is 2.81 bits per heavy atom. The summed E-state index contributed by atoms with van der Waals surface area (Å²) in [6, 6.07) is 9.68. The number of anilines is 2. The molecule has 1 fully saturated rings. The van der Waals surface area contributed by atoms with Crippen LogP contribution >= 0.6 is 11.3 Å². The average molecular weight is 457 g/mol. The first kappa shape index (κ1) is 23.2. The number of alkyl halides is 1. The zero-order chi connectivity index (χ0) is 23.1. The van der Waals surface area contributed by atoms with Gasteiger partial charge in [0.05, 0.1) is 16.8 Å². The van der Waals surface area contributed by atoms with E-state index < -0.39 is 11.9 Å². The van der Waals surface area contributed by atoms with Crippen LogP contribution in [-0.2, 0) is 0 Å². The van der Waals surface area contributed by atoms with Crippen molar-refractivity contribution in [3.8, 4) is 6.07 Å². The van der Waals surface area contributed by atoms with Crippen molar-refractivity contribution in [1.29, 1.82) is 5.26 Å². The number of aliphatic hydroxyl groups excluding tert-OH is 1. The minimum atomic E-state index is -1.29. The number of aliphatic hydroxyl groups is 1. The topological polar surface area (TPSA) is 106 Å². The number of amides is 1. The molecule has 10 heteroatoms. The second kappa shape index (κ2) is 10.7. The Hall–Kier alpha value is -3.42. The number of halogens is 1. The van der Waals surface area contributed by atoms with Gasteiger partial charge in [0, 0.05) is 30.4 Å². The zero-order valence-corrected chi connectivity index (χ0v) is 18.5. The van der Waals surface area contributed by atoms with Crippen LogP contribution in [0.15, 0.2) is 47.4 Å². The number of aromatic nitrogens is 2. The fraction of sp³-hybridized carbons (Fsp3) is 0.318. The first-order chi connectivity index (χ1) is 15.4. The SMILES string of the molecule is C=C(O)C(C)F.N#Cc1cscc1NC(=O)c1ccc2ccc(N3CCCNCC3)nn12. The molecule has 1 aliphatic heterocycles. The summed E-state index contributed by atoms with van der Waals surface area (Å²) in [4.78, 5) is 14.9. The number of hydrogen-bond acceptors (Lipinski definition) is 7. The number of carbonyl (C=O) groups excluding carboxylic acids is 1. The molecule has 0 bridgehead atoms. The number of rotatable bonds is 4. The monoisotopic (exact) mass is 456 g/mol. The minimum absolute atomic E-state index is 0.276. The van der Waals surface area contributed by atoms with Gasteiger partial charge in [-0.15, -0.1) is 16.4 Å². The fourth-order valence-electron chi connectivity index (χ4n) is 3.06. The summed E-state index contributed by atoms with van der Waals surface area (Å²) >= 11 is 1.38. The van der Waals surface area contributed by atoms with Crippen molar-refractivity contribution in [3.63, 3.8) is 0 Å². The number of hydrogen-bond donors (Lipinski definition) is 3. The highest BCUT2D eigenvalue weighted by molar-refractivity contribution is 7.08. The Morgan fingerprint density at radius 1 is 1.34 bits per heavy atom. The van der Waals surface area contributed by atoms with Gasteiger partial charge in [0.1, 0.15) is 23.3 Å². The van der Waals surface area contributed by atoms with Gasteiger partial charge in [0.2, 0.25) is 0 Å². The van der Waals surface area contributed by atoms with Crippen LogP contribution in [0.25, 0.3) is 5.52 Å². The van der Waals surface area contributed by atoms with Crippen molar-refractivity contribution in [2.24, 2.45) is 0 Å². The fourth-order valence-corrected chi connectivity index (χ4v) is 3.77. The molecule has 32 heavy (non-hydrogen) atoms. The van der Waals surface area contributed by atoms with Gasteiger partial charge in [0.25, 0.3) is 5.91 Å². The lowest BCUT2D eigenvalue weighted by atomic mass is 10.3. The molecular weight excluding hydrogens is 431 g/mol. The first-order valence-corrected chi connectivity index (χ1v) is 11.1. The Kier molecular flexibility index (Phi) is 7.81. The predicted molar refractivity (Wildman–Crippen MR) is 124 cm³/mol. The molecule has 8 nitrogen and oxygen atoms in total. The van der Waals surface area contributed by atoms with Crippen LogP contribution in [-0.4, -0.2) is 53.0 Å². The third-order valence-corrected chi connectivity index (χ3v) is 5.62. The molecule has 168 valence electrons. The molecule has 1 amide bonds. The average Bonchev–Trinajstić information content (AvgIpc) is 3.31. The number of nitrogens with one attached hydrogen (secondary N) is 2. The number of nitriles is 1. The molecule has 1 saturated heterocycles. The molecule has 0 saturated carbocycles. The molecule has 0 aromatic carbocycles. The summed E-state index contributed by atoms with van der Waals surface area (Å²) in [7, 11) is 0. The van der Waals surface area contributed by atoms with Crippen LogP contribution in [0.3, 0.4) is 0 Å². The Bertz CT molecular complexity index is 1130. The number of carbonyl (C=O) groups is 1. The van der Waals surface area contributed by atoms with E-state index in [1.165, 1.54) is 18.3 Å². The molecule has 1 atom stereocenters. The van der Waals surface area contributed by atoms with E-state index in [2.05, 4.69) is 33.3 Å². The molecule has 4 heterocycles. The van der Waals surface area contributed by atoms with E-state index >= 15 is 0 Å². The van der Waals surface area contributed by atoms with Gasteiger partial charge in [-0.3, -0.25) is 4.79 Å². The number of fused-ring (bicyclic) bond motifs is 1. The Morgan fingerprint density at radius 2 is 2.09 bits per heavy atom. The van der Waals surface area contributed by atoms with E-state index in [0.29, 0.717) is 16.9 Å². The normalized spacial score (nSPS) is 14.6. The standard InChI is InChI=1S/C18H18N6OS.C4H7FO/c19-10-13-11-26-12-15(13)21-18(25)16-4-2-14-3-5-17(22-24(14)16)23-8-1-6-20-7-9-23;1-3(5)4(2)6/h2-5,11-12,20H,1,6-9H2,(H,21,25);3,6H,2H2,1H3. The van der Waals surface area contributed by atoms with E-state index in [1.54, 1.807) is 21.3 Å². The van der Waals surface area contributed by atoms with Crippen molar-refractivity contribution < 1.29 is 14.3 Å². The maximum atomic E-state index is 12.7. The largest absolute Gasteiger partial charge is 0.510 e. The molecule has 3 aromatic heterocycles. The van der Waals surface area contributed by atoms with Crippen LogP contribution in [0.1, 0.15) is 29.4 Å². The van der Waals surface area contributed by atoms with Crippen LogP contribution in [0.5, 0.6) is 0 Å². The van der Waals surface area contributed by atoms with Crippen molar-refractivity contribution in [2.75, 3.05) is 36.4 Å². The van der Waals surface area contributed by atoms with E-state index in [-0.39, 0.29) is 5.91 Å². The molecule has 3 aromatic rings. The highest BCUT2D eigenvalue weighted by Crippen LogP contribution is 2.21. The number of nitrogens with zero attached hydrogens (tertiary/aromatic N) is 4. The summed E-state index contributed by atoms with van der Waals surface area (Å²) < 4.78 is 13.1. The Balaban J connectivity index is 0.000000427. The van der Waals surface area contributed by atoms with Crippen molar-refractivity contribution >= 4 is 34.3 Å². The summed E-state index contributed by atoms with van der Waals surface area (Å²) in [5.74, 6) is 0.178. The van der Waals surface area contributed by atoms with E-state index in [4.69, 9.17) is 10.4 Å². The molecular formula is C22H25FN6O2S. The maximum absolute atomic E-state index is 12.7. The number of thiophene rings is 1. The molecule has 1 aliphatic rings. The van der Waals surface area contributed by atoms with Crippen LogP contribution in [0, 0.1) is 11.3 Å². The second-order valence-corrected chi connectivity index (χ2v) is 7.95. The quantitative estimate of drug-likeness (QED) is 0.517. The molecule has 3 N–H and O–H groups in total. The number of allylic oxidation sites excluding steroid dienone is 1. The molecule has 0 spiro atoms. The van der Waals surface area contributed by atoms with Crippen molar-refractivity contribution in [2.45, 2.75) is 19.5 Å². The highest BCUT2D eigenvalue weighted by atomic mass is 32.1. The molecule has 0 radical (unpaired) electrons. The van der Waals surface area contributed by atoms with Gasteiger partial charge >= 0.3 is 0 Å². The molecule has 4 rings (SSSR count). The van der Waals surface area contributed by atoms with Crippen LogP contribution in [0.2, 0.25) is 0 Å². The maximum Gasteiger partial charge on any atom is 0.274 e. The second-order valence-electron chi connectivity index (χ2n) is 7.21. The van der Waals surface area contributed by atoms with Gasteiger partial charge in [-0.05, 0) is 44.2 Å². The van der Waals surface area contributed by atoms with E-state index in [9.17, 15) is 9.18 Å². The molecule has 0 aliphatic carbocycles. The van der Waals surface area contributed by atoms with Gasteiger partial charge in [-0.1, -0.05) is 6.58 Å². The van der Waals surface area contributed by atoms with Gasteiger partial charge < -0.3 is 20.6 Å². The smallest absolute Gasteiger partial charge is 0.274 e. The third kappa shape index (κ3) is 5.63. The van der Waals surface area contributed by atoms with Crippen LogP contribution in [0.4, 0.5) is 15.9 Å². The summed E-state index contributed by atoms with van der Waals surface area (Å²) in [6.07, 6.45) is -0.224. The van der Waals surface area contributed by atoms with Gasteiger partial charge in [-0.2, -0.15) is 5.26 Å². The predicted octanol–water partition coefficient (Wildman–Crippen LogP) is 3.74. The van der Waals surface area contributed by atoms with Crippen molar-refractivity contribution in [1.82, 2.24) is 14.9 Å². The van der Waals surface area contributed by atoms with E-state index in [0.717, 1.165) is 43.9 Å². The van der Waals surface area contributed by atoms with Crippen LogP contribution < -0.4 is 15.5 Å². The minimum Gasteiger partial charge on any atom is -0.510 e. The lowest BCUT2D eigenvalue weighted by Crippen LogP contribution is -2.29. The molecule has 1 unspecified atom stereocenters. The summed E-state index contributed by atoms with van der Waals surface area (Å²) in [5, 5.41) is 31.5. The lowest BCUT2D eigenvalue weighted by molar-refractivity contribution is 0.102. The first-order valence-electron chi connectivity index (χ1n) is 10.1. The third-order valence-electron chi connectivity index (χ3n) is 4.88. The Labute approximate surface area is 189 Å². The van der Waals surface area contributed by atoms with Crippen molar-refractivity contribution in [3.05, 3.63) is 58.6 Å². The van der Waals surface area contributed by atoms with Gasteiger partial charge in [0.15, 0.2) is 6.17 Å². The highest BCUT2D eigenvalue weighted by Gasteiger charge is 2.17. The summed E-state index contributed by atoms with van der Waals surface area (Å²) in [6.45, 7) is 7.93. The summed E-state index contributed by atoms with van der Waals surface area (Å²) in [5.41, 5.74) is 2.31. The lowest BCUT2D eigenvalue weighted by Gasteiger charge is -2.21.